The quantitative estimate of drug-likeness (QED) is 0.455. The molecule has 0 saturated heterocycles. The van der Waals surface area contributed by atoms with Crippen LogP contribution in [0.3, 0.4) is 0 Å². The molecule has 9 heteroatoms. The Hall–Kier alpha value is -2.41. The summed E-state index contributed by atoms with van der Waals surface area (Å²) in [5.74, 6) is 1.09. The number of benzene rings is 1. The number of nitrogen functional groups attached to an aromatic ring is 1. The lowest BCUT2D eigenvalue weighted by Gasteiger charge is -2.18. The molecule has 150 valence electrons. The van der Waals surface area contributed by atoms with Crippen LogP contribution in [0.4, 0.5) is 11.5 Å². The third-order valence-electron chi connectivity index (χ3n) is 4.56. The van der Waals surface area contributed by atoms with E-state index < -0.39 is 7.60 Å². The predicted molar refractivity (Wildman–Crippen MR) is 106 cm³/mol. The van der Waals surface area contributed by atoms with Crippen molar-refractivity contribution in [2.45, 2.75) is 32.7 Å². The summed E-state index contributed by atoms with van der Waals surface area (Å²) < 4.78 is 16.4. The molecule has 2 heterocycles. The van der Waals surface area contributed by atoms with Crippen molar-refractivity contribution in [1.82, 2.24) is 4.98 Å². The molecule has 1 aromatic heterocycles. The Balaban J connectivity index is 1.57. The Bertz CT molecular complexity index is 911. The molecule has 0 spiro atoms. The summed E-state index contributed by atoms with van der Waals surface area (Å²) in [6, 6.07) is 9.32. The first-order valence-electron chi connectivity index (χ1n) is 9.05. The van der Waals surface area contributed by atoms with E-state index in [2.05, 4.69) is 4.98 Å². The van der Waals surface area contributed by atoms with Crippen LogP contribution in [0, 0.1) is 6.92 Å². The topological polar surface area (TPSA) is 126 Å². The Morgan fingerprint density at radius 3 is 2.64 bits per heavy atom. The number of nitrogens with two attached hydrogens (primary N) is 1. The zero-order valence-electron chi connectivity index (χ0n) is 15.7. The van der Waals surface area contributed by atoms with Crippen molar-refractivity contribution in [2.24, 2.45) is 0 Å². The minimum atomic E-state index is -3.93. The van der Waals surface area contributed by atoms with Gasteiger partial charge in [0.15, 0.2) is 0 Å². The molecule has 2 aromatic rings. The number of fused-ring (bicyclic) bond motifs is 1. The lowest BCUT2D eigenvalue weighted by molar-refractivity contribution is -0.117. The highest BCUT2D eigenvalue weighted by atomic mass is 31.2. The first-order chi connectivity index (χ1) is 13.2. The number of amides is 1. The number of carbonyl (C=O) groups is 1. The predicted octanol–water partition coefficient (Wildman–Crippen LogP) is 2.40. The van der Waals surface area contributed by atoms with Gasteiger partial charge in [-0.1, -0.05) is 12.1 Å². The van der Waals surface area contributed by atoms with E-state index in [1.807, 2.05) is 37.3 Å². The third-order valence-corrected chi connectivity index (χ3v) is 5.46. The molecule has 28 heavy (non-hydrogen) atoms. The first kappa shape index (κ1) is 20.3. The van der Waals surface area contributed by atoms with Gasteiger partial charge in [0.25, 0.3) is 0 Å². The normalized spacial score (nSPS) is 13.7. The van der Waals surface area contributed by atoms with Crippen LogP contribution < -0.4 is 15.4 Å². The van der Waals surface area contributed by atoms with Crippen LogP contribution in [0.2, 0.25) is 0 Å². The number of hydrogen-bond acceptors (Lipinski definition) is 5. The van der Waals surface area contributed by atoms with Gasteiger partial charge in [0, 0.05) is 17.4 Å². The zero-order valence-corrected chi connectivity index (χ0v) is 16.6. The number of anilines is 2. The zero-order chi connectivity index (χ0) is 20.3. The number of pyridine rings is 1. The number of rotatable bonds is 8. The number of carbonyl (C=O) groups excluding carboxylic acids is 1. The van der Waals surface area contributed by atoms with Gasteiger partial charge in [-0.25, -0.2) is 4.98 Å². The molecule has 0 atom stereocenters. The van der Waals surface area contributed by atoms with Crippen molar-refractivity contribution in [3.63, 3.8) is 0 Å². The molecule has 0 fully saturated rings. The fourth-order valence-electron chi connectivity index (χ4n) is 3.17. The molecule has 3 rings (SSSR count). The summed E-state index contributed by atoms with van der Waals surface area (Å²) in [5.41, 5.74) is 9.29. The molecule has 0 bridgehead atoms. The summed E-state index contributed by atoms with van der Waals surface area (Å²) in [7, 11) is -3.93. The van der Waals surface area contributed by atoms with Crippen molar-refractivity contribution in [3.8, 4) is 5.75 Å². The van der Waals surface area contributed by atoms with E-state index in [0.717, 1.165) is 22.5 Å². The third kappa shape index (κ3) is 5.10. The van der Waals surface area contributed by atoms with Gasteiger partial charge in [-0.05, 0) is 43.5 Å². The van der Waals surface area contributed by atoms with Crippen LogP contribution >= 0.6 is 7.60 Å². The second-order valence-corrected chi connectivity index (χ2v) is 8.67. The van der Waals surface area contributed by atoms with E-state index in [4.69, 9.17) is 20.3 Å². The van der Waals surface area contributed by atoms with E-state index in [1.165, 1.54) is 0 Å². The Kier molecular flexibility index (Phi) is 6.03. The number of unbranched alkanes of at least 4 members (excludes halogenated alkanes) is 1. The van der Waals surface area contributed by atoms with Crippen LogP contribution in [0.15, 0.2) is 30.3 Å². The number of nitrogens with zero attached hydrogens (tertiary/aromatic N) is 2. The van der Waals surface area contributed by atoms with Gasteiger partial charge in [0.05, 0.1) is 25.3 Å². The van der Waals surface area contributed by atoms with E-state index in [9.17, 15) is 9.36 Å². The van der Waals surface area contributed by atoms with Crippen molar-refractivity contribution < 1.29 is 23.9 Å². The lowest BCUT2D eigenvalue weighted by Crippen LogP contribution is -2.26. The van der Waals surface area contributed by atoms with Gasteiger partial charge in [-0.3, -0.25) is 9.36 Å². The number of ether oxygens (including phenoxy) is 1. The van der Waals surface area contributed by atoms with Gasteiger partial charge in [-0.15, -0.1) is 0 Å². The Labute approximate surface area is 163 Å². The summed E-state index contributed by atoms with van der Waals surface area (Å²) in [4.78, 5) is 36.0. The molecule has 1 aliphatic heterocycles. The molecule has 0 aliphatic carbocycles. The van der Waals surface area contributed by atoms with E-state index in [1.54, 1.807) is 4.90 Å². The van der Waals surface area contributed by atoms with Crippen LogP contribution in [0.1, 0.15) is 29.7 Å². The maximum atomic E-state index is 12.4. The van der Waals surface area contributed by atoms with Crippen molar-refractivity contribution in [2.75, 3.05) is 23.4 Å². The second kappa shape index (κ2) is 8.31. The standard InChI is InChI=1S/C19H24N3O5P/c1-13-10-17-16(19(20)21-13)11-18(23)22(17)12-14-4-6-15(7-5-14)27-8-2-3-9-28(24,25)26/h4-7,10H,2-3,8-9,11-12H2,1H3,(H2,20,21)(H2,24,25,26). The highest BCUT2D eigenvalue weighted by Gasteiger charge is 2.29. The average molecular weight is 405 g/mol. The maximum Gasteiger partial charge on any atom is 0.325 e. The van der Waals surface area contributed by atoms with Gasteiger partial charge < -0.3 is 25.2 Å². The molecule has 1 aliphatic rings. The number of aromatic nitrogens is 1. The van der Waals surface area contributed by atoms with Crippen molar-refractivity contribution in [1.29, 1.82) is 0 Å². The smallest absolute Gasteiger partial charge is 0.325 e. The minimum absolute atomic E-state index is 0.000479. The lowest BCUT2D eigenvalue weighted by atomic mass is 10.1. The Morgan fingerprint density at radius 1 is 1.25 bits per heavy atom. The average Bonchev–Trinajstić information content (AvgIpc) is 2.91. The van der Waals surface area contributed by atoms with Gasteiger partial charge in [0.2, 0.25) is 5.91 Å². The largest absolute Gasteiger partial charge is 0.494 e. The van der Waals surface area contributed by atoms with Crippen molar-refractivity contribution in [3.05, 3.63) is 47.2 Å². The number of aryl methyl sites for hydroxylation is 1. The maximum absolute atomic E-state index is 12.4. The molecule has 1 aromatic carbocycles. The summed E-state index contributed by atoms with van der Waals surface area (Å²) >= 11 is 0. The fourth-order valence-corrected chi connectivity index (χ4v) is 3.80. The summed E-state index contributed by atoms with van der Waals surface area (Å²) in [6.45, 7) is 2.68. The van der Waals surface area contributed by atoms with Gasteiger partial charge in [-0.2, -0.15) is 0 Å². The Morgan fingerprint density at radius 2 is 1.96 bits per heavy atom. The second-order valence-electron chi connectivity index (χ2n) is 6.89. The van der Waals surface area contributed by atoms with E-state index >= 15 is 0 Å². The van der Waals surface area contributed by atoms with Crippen LogP contribution in [-0.4, -0.2) is 33.4 Å². The van der Waals surface area contributed by atoms with Crippen LogP contribution in [0.25, 0.3) is 0 Å². The van der Waals surface area contributed by atoms with Gasteiger partial charge in [0.1, 0.15) is 11.6 Å². The van der Waals surface area contributed by atoms with Crippen molar-refractivity contribution >= 4 is 25.0 Å². The fraction of sp³-hybridized carbons (Fsp3) is 0.368. The molecular formula is C19H24N3O5P. The molecule has 1 amide bonds. The summed E-state index contributed by atoms with van der Waals surface area (Å²) in [5, 5.41) is 0. The molecule has 0 saturated carbocycles. The van der Waals surface area contributed by atoms with Crippen LogP contribution in [-0.2, 0) is 22.3 Å². The molecule has 0 unspecified atom stereocenters. The first-order valence-corrected chi connectivity index (χ1v) is 10.9. The molecule has 4 N–H and O–H groups in total. The number of hydrogen-bond donors (Lipinski definition) is 3. The molecule has 0 radical (unpaired) electrons. The minimum Gasteiger partial charge on any atom is -0.494 e. The molecule has 8 nitrogen and oxygen atoms in total. The SMILES string of the molecule is Cc1cc2c(c(N)n1)CC(=O)N2Cc1ccc(OCCCCP(=O)(O)O)cc1. The van der Waals surface area contributed by atoms with E-state index in [0.29, 0.717) is 37.6 Å². The highest BCUT2D eigenvalue weighted by molar-refractivity contribution is 7.51. The monoisotopic (exact) mass is 405 g/mol. The summed E-state index contributed by atoms with van der Waals surface area (Å²) in [6.07, 6.45) is 1.13. The van der Waals surface area contributed by atoms with Gasteiger partial charge >= 0.3 is 7.60 Å². The molecular weight excluding hydrogens is 381 g/mol. The van der Waals surface area contributed by atoms with Crippen LogP contribution in [0.5, 0.6) is 5.75 Å². The highest BCUT2D eigenvalue weighted by Crippen LogP contribution is 2.35. The van der Waals surface area contributed by atoms with E-state index in [-0.39, 0.29) is 18.5 Å².